The van der Waals surface area contributed by atoms with Crippen molar-refractivity contribution in [2.45, 2.75) is 6.54 Å². The normalized spacial score (nSPS) is 13.5. The molecule has 0 saturated carbocycles. The van der Waals surface area contributed by atoms with Gasteiger partial charge in [-0.25, -0.2) is 5.84 Å². The minimum Gasteiger partial charge on any atom is -0.467 e. The number of benzene rings is 1. The van der Waals surface area contributed by atoms with Crippen molar-refractivity contribution in [1.82, 2.24) is 5.43 Å². The second-order valence-electron chi connectivity index (χ2n) is 4.47. The van der Waals surface area contributed by atoms with Gasteiger partial charge in [-0.1, -0.05) is 12.1 Å². The van der Waals surface area contributed by atoms with Crippen LogP contribution < -0.4 is 16.2 Å². The van der Waals surface area contributed by atoms with Crippen molar-refractivity contribution < 1.29 is 18.8 Å². The molecule has 0 aliphatic carbocycles. The molecule has 1 aliphatic heterocycles. The Morgan fingerprint density at radius 1 is 1.24 bits per heavy atom. The minimum atomic E-state index is -0.647. The number of ketones is 1. The molecule has 0 spiro atoms. The van der Waals surface area contributed by atoms with Gasteiger partial charge in [0.1, 0.15) is 5.76 Å². The second kappa shape index (κ2) is 4.88. The number of nitrogens with zero attached hydrogens (tertiary/aromatic N) is 1. The number of nitrogens with two attached hydrogens (primary N) is 1. The van der Waals surface area contributed by atoms with Crippen LogP contribution in [0.3, 0.4) is 0 Å². The van der Waals surface area contributed by atoms with Gasteiger partial charge in [0, 0.05) is 0 Å². The van der Waals surface area contributed by atoms with Gasteiger partial charge in [0.2, 0.25) is 0 Å². The number of hydrazine groups is 1. The third kappa shape index (κ3) is 2.00. The highest BCUT2D eigenvalue weighted by Gasteiger charge is 2.36. The number of nitrogen functional groups attached to an aromatic ring is 1. The summed E-state index contributed by atoms with van der Waals surface area (Å²) in [5, 5.41) is 0. The summed E-state index contributed by atoms with van der Waals surface area (Å²) in [6, 6.07) is 8.13. The zero-order valence-electron chi connectivity index (χ0n) is 10.8. The smallest absolute Gasteiger partial charge is 0.299 e. The summed E-state index contributed by atoms with van der Waals surface area (Å²) >= 11 is 0. The van der Waals surface area contributed by atoms with Crippen molar-refractivity contribution in [3.05, 3.63) is 53.5 Å². The van der Waals surface area contributed by atoms with E-state index in [-0.39, 0.29) is 17.9 Å². The fourth-order valence-electron chi connectivity index (χ4n) is 2.29. The molecule has 3 N–H and O–H groups in total. The molecular formula is C14H11N3O4. The number of hydrogen-bond acceptors (Lipinski definition) is 5. The topological polar surface area (TPSA) is 106 Å². The van der Waals surface area contributed by atoms with Crippen LogP contribution in [-0.4, -0.2) is 17.6 Å². The first-order chi connectivity index (χ1) is 10.1. The van der Waals surface area contributed by atoms with Crippen molar-refractivity contribution in [1.29, 1.82) is 0 Å². The molecule has 7 heteroatoms. The lowest BCUT2D eigenvalue weighted by molar-refractivity contribution is -0.114. The van der Waals surface area contributed by atoms with Crippen LogP contribution in [0, 0.1) is 0 Å². The van der Waals surface area contributed by atoms with Crippen LogP contribution in [0.2, 0.25) is 0 Å². The minimum absolute atomic E-state index is 0.0165. The molecule has 2 heterocycles. The number of fused-ring (bicyclic) bond motifs is 1. The van der Waals surface area contributed by atoms with E-state index in [9.17, 15) is 14.4 Å². The molecule has 0 radical (unpaired) electrons. The Hall–Kier alpha value is -2.93. The Bertz CT molecular complexity index is 750. The molecule has 1 aromatic heterocycles. The van der Waals surface area contributed by atoms with Gasteiger partial charge in [-0.2, -0.15) is 0 Å². The fourth-order valence-corrected chi connectivity index (χ4v) is 2.29. The lowest BCUT2D eigenvalue weighted by atomic mass is 10.1. The summed E-state index contributed by atoms with van der Waals surface area (Å²) in [4.78, 5) is 36.8. The highest BCUT2D eigenvalue weighted by atomic mass is 16.3. The molecule has 2 amide bonds. The van der Waals surface area contributed by atoms with Crippen LogP contribution in [0.1, 0.15) is 26.5 Å². The van der Waals surface area contributed by atoms with E-state index in [1.807, 2.05) is 5.43 Å². The molecule has 1 aliphatic rings. The van der Waals surface area contributed by atoms with Gasteiger partial charge < -0.3 is 4.42 Å². The van der Waals surface area contributed by atoms with Crippen LogP contribution in [0.4, 0.5) is 5.69 Å². The number of nitrogens with one attached hydrogen (secondary N) is 1. The summed E-state index contributed by atoms with van der Waals surface area (Å²) in [5.74, 6) is 3.61. The quantitative estimate of drug-likeness (QED) is 0.372. The Kier molecular flexibility index (Phi) is 3.03. The summed E-state index contributed by atoms with van der Waals surface area (Å²) in [5.41, 5.74) is 3.08. The van der Waals surface area contributed by atoms with Crippen LogP contribution in [0.25, 0.3) is 0 Å². The number of amides is 2. The molecule has 1 aromatic carbocycles. The van der Waals surface area contributed by atoms with Gasteiger partial charge in [-0.05, 0) is 18.2 Å². The Morgan fingerprint density at radius 2 is 2.00 bits per heavy atom. The Labute approximate surface area is 119 Å². The van der Waals surface area contributed by atoms with Crippen LogP contribution >= 0.6 is 0 Å². The number of rotatable bonds is 3. The highest BCUT2D eigenvalue weighted by molar-refractivity contribution is 6.52. The predicted molar refractivity (Wildman–Crippen MR) is 72.3 cm³/mol. The highest BCUT2D eigenvalue weighted by Crippen LogP contribution is 2.30. The second-order valence-corrected chi connectivity index (χ2v) is 4.47. The number of para-hydroxylation sites is 1. The molecule has 0 bridgehead atoms. The average Bonchev–Trinajstić information content (AvgIpc) is 3.06. The third-order valence-corrected chi connectivity index (χ3v) is 3.30. The number of anilines is 1. The fraction of sp³-hybridized carbons (Fsp3) is 0.0714. The molecule has 21 heavy (non-hydrogen) atoms. The maximum atomic E-state index is 12.0. The van der Waals surface area contributed by atoms with Gasteiger partial charge >= 0.3 is 0 Å². The van der Waals surface area contributed by atoms with Crippen molar-refractivity contribution >= 4 is 23.3 Å². The van der Waals surface area contributed by atoms with Gasteiger partial charge in [0.25, 0.3) is 17.6 Å². The molecule has 106 valence electrons. The van der Waals surface area contributed by atoms with E-state index < -0.39 is 17.6 Å². The van der Waals surface area contributed by atoms with Gasteiger partial charge in [0.15, 0.2) is 0 Å². The molecule has 0 fully saturated rings. The molecule has 0 atom stereocenters. The zero-order chi connectivity index (χ0) is 15.0. The van der Waals surface area contributed by atoms with Crippen molar-refractivity contribution in [2.24, 2.45) is 5.84 Å². The number of Topliss-reactive ketones (excluding diaryl/α,β-unsaturated/α-hetero) is 1. The van der Waals surface area contributed by atoms with E-state index in [4.69, 9.17) is 10.3 Å². The van der Waals surface area contributed by atoms with Crippen LogP contribution in [0.5, 0.6) is 0 Å². The number of hydrogen-bond donors (Lipinski definition) is 2. The zero-order valence-corrected chi connectivity index (χ0v) is 10.8. The van der Waals surface area contributed by atoms with Crippen molar-refractivity contribution in [3.63, 3.8) is 0 Å². The third-order valence-electron chi connectivity index (χ3n) is 3.30. The Morgan fingerprint density at radius 3 is 2.76 bits per heavy atom. The van der Waals surface area contributed by atoms with E-state index in [1.54, 1.807) is 24.3 Å². The monoisotopic (exact) mass is 285 g/mol. The van der Waals surface area contributed by atoms with Crippen LogP contribution in [0.15, 0.2) is 41.0 Å². The number of furan rings is 1. The van der Waals surface area contributed by atoms with E-state index in [0.29, 0.717) is 11.3 Å². The lowest BCUT2D eigenvalue weighted by Crippen LogP contribution is -2.32. The summed E-state index contributed by atoms with van der Waals surface area (Å²) in [7, 11) is 0. The molecule has 3 rings (SSSR count). The largest absolute Gasteiger partial charge is 0.467 e. The van der Waals surface area contributed by atoms with E-state index in [0.717, 1.165) is 0 Å². The molecule has 2 aromatic rings. The summed E-state index contributed by atoms with van der Waals surface area (Å²) < 4.78 is 5.23. The standard InChI is InChI=1S/C14H11N3O4/c15-16-13(19)9-5-6-21-11(9)7-17-10-4-2-1-3-8(10)12(18)14(17)20/h1-6H,7,15H2,(H,16,19). The van der Waals surface area contributed by atoms with Crippen LogP contribution in [-0.2, 0) is 11.3 Å². The maximum Gasteiger partial charge on any atom is 0.299 e. The van der Waals surface area contributed by atoms with Gasteiger partial charge in [-0.3, -0.25) is 24.7 Å². The first-order valence-electron chi connectivity index (χ1n) is 6.16. The van der Waals surface area contributed by atoms with Crippen molar-refractivity contribution in [3.8, 4) is 0 Å². The predicted octanol–water partition coefficient (Wildman–Crippen LogP) is 0.613. The first kappa shape index (κ1) is 13.1. The van der Waals surface area contributed by atoms with Crippen molar-refractivity contribution in [2.75, 3.05) is 4.90 Å². The maximum absolute atomic E-state index is 12.0. The van der Waals surface area contributed by atoms with E-state index in [2.05, 4.69) is 0 Å². The Balaban J connectivity index is 1.96. The molecule has 7 nitrogen and oxygen atoms in total. The van der Waals surface area contributed by atoms with Gasteiger partial charge in [0.05, 0.1) is 29.6 Å². The SMILES string of the molecule is NNC(=O)c1ccoc1CN1C(=O)C(=O)c2ccccc21. The first-order valence-corrected chi connectivity index (χ1v) is 6.16. The number of carbonyl (C=O) groups is 3. The average molecular weight is 285 g/mol. The van der Waals surface area contributed by atoms with Gasteiger partial charge in [-0.15, -0.1) is 0 Å². The lowest BCUT2D eigenvalue weighted by Gasteiger charge is -2.15. The molecule has 0 unspecified atom stereocenters. The summed E-state index contributed by atoms with van der Waals surface area (Å²) in [6.07, 6.45) is 1.33. The number of carbonyl (C=O) groups excluding carboxylic acids is 3. The summed E-state index contributed by atoms with van der Waals surface area (Å²) in [6.45, 7) is -0.0165. The molecule has 0 saturated heterocycles. The van der Waals surface area contributed by atoms with E-state index in [1.165, 1.54) is 17.2 Å². The molecular weight excluding hydrogens is 274 g/mol. The van der Waals surface area contributed by atoms with E-state index >= 15 is 0 Å².